The molecule has 3 rings (SSSR count). The molecule has 0 aliphatic carbocycles. The van der Waals surface area contributed by atoms with Crippen LogP contribution in [0.3, 0.4) is 0 Å². The number of sulfonamides is 2. The zero-order valence-electron chi connectivity index (χ0n) is 17.9. The van der Waals surface area contributed by atoms with E-state index in [-0.39, 0.29) is 21.2 Å². The SMILES string of the molecule is COc1ccc(S(=O)(=O)Nc2ccc(C)c(S(=O)(=O)N3CCCCCC3)c2)cc1OC. The maximum atomic E-state index is 13.2. The minimum Gasteiger partial charge on any atom is -0.493 e. The summed E-state index contributed by atoms with van der Waals surface area (Å²) in [5, 5.41) is 0. The molecule has 0 bridgehead atoms. The Morgan fingerprint density at radius 2 is 1.48 bits per heavy atom. The number of nitrogens with zero attached hydrogens (tertiary/aromatic N) is 1. The molecule has 1 aliphatic heterocycles. The van der Waals surface area contributed by atoms with E-state index in [0.717, 1.165) is 25.7 Å². The van der Waals surface area contributed by atoms with Crippen molar-refractivity contribution in [2.24, 2.45) is 0 Å². The van der Waals surface area contributed by atoms with Crippen molar-refractivity contribution in [1.82, 2.24) is 4.31 Å². The lowest BCUT2D eigenvalue weighted by molar-refractivity contribution is 0.354. The minimum atomic E-state index is -3.97. The van der Waals surface area contributed by atoms with E-state index in [0.29, 0.717) is 24.4 Å². The Bertz CT molecular complexity index is 1140. The number of ether oxygens (including phenoxy) is 2. The quantitative estimate of drug-likeness (QED) is 0.668. The highest BCUT2D eigenvalue weighted by atomic mass is 32.2. The van der Waals surface area contributed by atoms with Gasteiger partial charge < -0.3 is 9.47 Å². The number of hydrogen-bond donors (Lipinski definition) is 1. The van der Waals surface area contributed by atoms with Gasteiger partial charge >= 0.3 is 0 Å². The summed E-state index contributed by atoms with van der Waals surface area (Å²) in [6.45, 7) is 2.66. The second-order valence-electron chi connectivity index (χ2n) is 7.42. The largest absolute Gasteiger partial charge is 0.493 e. The van der Waals surface area contributed by atoms with E-state index in [4.69, 9.17) is 9.47 Å². The average molecular weight is 469 g/mol. The second-order valence-corrected chi connectivity index (χ2v) is 11.0. The van der Waals surface area contributed by atoms with Crippen LogP contribution in [0.15, 0.2) is 46.2 Å². The normalized spacial score (nSPS) is 15.8. The van der Waals surface area contributed by atoms with Crippen molar-refractivity contribution in [2.45, 2.75) is 42.4 Å². The summed E-state index contributed by atoms with van der Waals surface area (Å²) in [6.07, 6.45) is 3.67. The van der Waals surface area contributed by atoms with Crippen LogP contribution >= 0.6 is 0 Å². The zero-order valence-corrected chi connectivity index (χ0v) is 19.6. The topological polar surface area (TPSA) is 102 Å². The Balaban J connectivity index is 1.92. The molecular weight excluding hydrogens is 440 g/mol. The predicted octanol–water partition coefficient (Wildman–Crippen LogP) is 3.38. The van der Waals surface area contributed by atoms with Crippen molar-refractivity contribution in [3.63, 3.8) is 0 Å². The van der Waals surface area contributed by atoms with E-state index in [1.807, 2.05) is 0 Å². The fourth-order valence-corrected chi connectivity index (χ4v) is 6.39. The van der Waals surface area contributed by atoms with Gasteiger partial charge in [-0.05, 0) is 49.6 Å². The van der Waals surface area contributed by atoms with E-state index in [1.54, 1.807) is 19.1 Å². The molecule has 2 aromatic carbocycles. The third kappa shape index (κ3) is 5.13. The van der Waals surface area contributed by atoms with Crippen molar-refractivity contribution in [3.8, 4) is 11.5 Å². The summed E-state index contributed by atoms with van der Waals surface area (Å²) in [5.74, 6) is 0.682. The maximum absolute atomic E-state index is 13.2. The first-order valence-corrected chi connectivity index (χ1v) is 13.0. The van der Waals surface area contributed by atoms with Crippen LogP contribution < -0.4 is 14.2 Å². The molecule has 8 nitrogen and oxygen atoms in total. The Labute approximate surface area is 184 Å². The molecule has 0 aromatic heterocycles. The van der Waals surface area contributed by atoms with Crippen LogP contribution in [0.4, 0.5) is 5.69 Å². The van der Waals surface area contributed by atoms with E-state index in [1.165, 1.54) is 42.8 Å². The van der Waals surface area contributed by atoms with Crippen LogP contribution in [0, 0.1) is 6.92 Å². The molecule has 31 heavy (non-hydrogen) atoms. The van der Waals surface area contributed by atoms with Gasteiger partial charge in [0.15, 0.2) is 11.5 Å². The molecule has 2 aromatic rings. The summed E-state index contributed by atoms with van der Waals surface area (Å²) in [7, 11) is -4.81. The second kappa shape index (κ2) is 9.46. The summed E-state index contributed by atoms with van der Waals surface area (Å²) < 4.78 is 66.5. The molecule has 0 atom stereocenters. The van der Waals surface area contributed by atoms with Crippen LogP contribution in [0.5, 0.6) is 11.5 Å². The Morgan fingerprint density at radius 1 is 0.839 bits per heavy atom. The van der Waals surface area contributed by atoms with Gasteiger partial charge in [-0.3, -0.25) is 4.72 Å². The van der Waals surface area contributed by atoms with Crippen molar-refractivity contribution >= 4 is 25.7 Å². The first kappa shape index (κ1) is 23.4. The molecule has 1 fully saturated rings. The van der Waals surface area contributed by atoms with Crippen LogP contribution in [-0.4, -0.2) is 48.4 Å². The van der Waals surface area contributed by atoms with E-state index < -0.39 is 20.0 Å². The summed E-state index contributed by atoms with van der Waals surface area (Å²) >= 11 is 0. The van der Waals surface area contributed by atoms with Crippen LogP contribution in [-0.2, 0) is 20.0 Å². The standard InChI is InChI=1S/C21H28N2O6S2/c1-16-8-9-17(14-21(16)31(26,27)23-12-6-4-5-7-13-23)22-30(24,25)18-10-11-19(28-2)20(15-18)29-3/h8-11,14-15,22H,4-7,12-13H2,1-3H3. The highest BCUT2D eigenvalue weighted by Gasteiger charge is 2.27. The van der Waals surface area contributed by atoms with Gasteiger partial charge in [0.25, 0.3) is 10.0 Å². The smallest absolute Gasteiger partial charge is 0.262 e. The number of methoxy groups -OCH3 is 2. The first-order chi connectivity index (χ1) is 14.7. The minimum absolute atomic E-state index is 0.0253. The summed E-state index contributed by atoms with van der Waals surface area (Å²) in [6, 6.07) is 8.79. The average Bonchev–Trinajstić information content (AvgIpc) is 3.04. The van der Waals surface area contributed by atoms with Gasteiger partial charge in [0.1, 0.15) is 0 Å². The molecule has 1 N–H and O–H groups in total. The Hall–Kier alpha value is -2.30. The molecule has 0 unspecified atom stereocenters. The zero-order chi connectivity index (χ0) is 22.6. The lowest BCUT2D eigenvalue weighted by Crippen LogP contribution is -2.32. The van der Waals surface area contributed by atoms with Crippen LogP contribution in [0.1, 0.15) is 31.2 Å². The third-order valence-electron chi connectivity index (χ3n) is 5.29. The maximum Gasteiger partial charge on any atom is 0.262 e. The van der Waals surface area contributed by atoms with Crippen LogP contribution in [0.2, 0.25) is 0 Å². The lowest BCUT2D eigenvalue weighted by Gasteiger charge is -2.21. The number of nitrogens with one attached hydrogen (secondary N) is 1. The number of rotatable bonds is 7. The molecule has 0 saturated carbocycles. The van der Waals surface area contributed by atoms with Crippen molar-refractivity contribution in [2.75, 3.05) is 32.0 Å². The Kier molecular flexibility index (Phi) is 7.13. The highest BCUT2D eigenvalue weighted by Crippen LogP contribution is 2.31. The van der Waals surface area contributed by atoms with Crippen molar-refractivity contribution in [3.05, 3.63) is 42.0 Å². The molecule has 170 valence electrons. The van der Waals surface area contributed by atoms with E-state index >= 15 is 0 Å². The summed E-state index contributed by atoms with van der Waals surface area (Å²) in [5.41, 5.74) is 0.743. The Morgan fingerprint density at radius 3 is 2.10 bits per heavy atom. The molecule has 0 amide bonds. The third-order valence-corrected chi connectivity index (χ3v) is 8.71. The lowest BCUT2D eigenvalue weighted by atomic mass is 10.2. The van der Waals surface area contributed by atoms with E-state index in [2.05, 4.69) is 4.72 Å². The number of aryl methyl sites for hydroxylation is 1. The van der Waals surface area contributed by atoms with Gasteiger partial charge in [0.05, 0.1) is 29.7 Å². The van der Waals surface area contributed by atoms with E-state index in [9.17, 15) is 16.8 Å². The van der Waals surface area contributed by atoms with Gasteiger partial charge in [0.2, 0.25) is 10.0 Å². The highest BCUT2D eigenvalue weighted by molar-refractivity contribution is 7.92. The number of hydrogen-bond acceptors (Lipinski definition) is 6. The van der Waals surface area contributed by atoms with Gasteiger partial charge in [-0.25, -0.2) is 16.8 Å². The molecule has 0 radical (unpaired) electrons. The monoisotopic (exact) mass is 468 g/mol. The van der Waals surface area contributed by atoms with Crippen molar-refractivity contribution < 1.29 is 26.3 Å². The molecule has 10 heteroatoms. The number of anilines is 1. The first-order valence-electron chi connectivity index (χ1n) is 10.0. The van der Waals surface area contributed by atoms with Gasteiger partial charge in [-0.1, -0.05) is 18.9 Å². The molecule has 1 saturated heterocycles. The summed E-state index contributed by atoms with van der Waals surface area (Å²) in [4.78, 5) is 0.0876. The van der Waals surface area contributed by atoms with Crippen LogP contribution in [0.25, 0.3) is 0 Å². The molecule has 1 heterocycles. The molecule has 0 spiro atoms. The van der Waals surface area contributed by atoms with Gasteiger partial charge in [0, 0.05) is 19.2 Å². The predicted molar refractivity (Wildman–Crippen MR) is 119 cm³/mol. The fourth-order valence-electron chi connectivity index (χ4n) is 3.56. The fraction of sp³-hybridized carbons (Fsp3) is 0.429. The van der Waals surface area contributed by atoms with Gasteiger partial charge in [-0.15, -0.1) is 0 Å². The van der Waals surface area contributed by atoms with Gasteiger partial charge in [-0.2, -0.15) is 4.31 Å². The number of benzene rings is 2. The van der Waals surface area contributed by atoms with Crippen molar-refractivity contribution in [1.29, 1.82) is 0 Å². The molecular formula is C21H28N2O6S2. The molecule has 1 aliphatic rings.